The van der Waals surface area contributed by atoms with E-state index >= 15 is 0 Å². The van der Waals surface area contributed by atoms with Gasteiger partial charge in [-0.25, -0.2) is 9.79 Å². The molecule has 1 aliphatic rings. The molecule has 0 saturated heterocycles. The molecule has 0 fully saturated rings. The van der Waals surface area contributed by atoms with Crippen molar-refractivity contribution in [1.29, 1.82) is 0 Å². The van der Waals surface area contributed by atoms with Gasteiger partial charge in [-0.2, -0.15) is 0 Å². The second kappa shape index (κ2) is 7.14. The smallest absolute Gasteiger partial charge is 0.381 e. The molecule has 22 heavy (non-hydrogen) atoms. The van der Waals surface area contributed by atoms with Crippen LogP contribution >= 0.6 is 0 Å². The molecule has 0 radical (unpaired) electrons. The summed E-state index contributed by atoms with van der Waals surface area (Å²) in [5.41, 5.74) is -0.562. The third-order valence-corrected chi connectivity index (χ3v) is 3.05. The zero-order chi connectivity index (χ0) is 16.9. The van der Waals surface area contributed by atoms with Crippen LogP contribution in [0.25, 0.3) is 0 Å². The Morgan fingerprint density at radius 1 is 1.36 bits per heavy atom. The van der Waals surface area contributed by atoms with Crippen LogP contribution in [0.3, 0.4) is 0 Å². The highest BCUT2D eigenvalue weighted by molar-refractivity contribution is 5.82. The molecule has 0 aromatic heterocycles. The van der Waals surface area contributed by atoms with Gasteiger partial charge in [0.05, 0.1) is 12.1 Å². The summed E-state index contributed by atoms with van der Waals surface area (Å²) in [6.45, 7) is 5.26. The van der Waals surface area contributed by atoms with E-state index in [1.54, 1.807) is 13.8 Å². The lowest BCUT2D eigenvalue weighted by Crippen LogP contribution is -2.36. The van der Waals surface area contributed by atoms with E-state index in [4.69, 9.17) is 4.74 Å². The van der Waals surface area contributed by atoms with Crippen LogP contribution in [0.15, 0.2) is 4.99 Å². The van der Waals surface area contributed by atoms with Gasteiger partial charge in [-0.1, -0.05) is 0 Å². The van der Waals surface area contributed by atoms with Crippen LogP contribution in [0.2, 0.25) is 0 Å². The van der Waals surface area contributed by atoms with Gasteiger partial charge in [0, 0.05) is 22.7 Å². The number of hydrogen-bond acceptors (Lipinski definition) is 8. The minimum atomic E-state index is -1.63. The normalized spacial score (nSPS) is 18.8. The Kier molecular flexibility index (Phi) is 5.77. The summed E-state index contributed by atoms with van der Waals surface area (Å²) in [6, 6.07) is -2.93. The highest BCUT2D eigenvalue weighted by Crippen LogP contribution is 2.21. The van der Waals surface area contributed by atoms with Crippen molar-refractivity contribution in [3.05, 3.63) is 20.2 Å². The van der Waals surface area contributed by atoms with E-state index in [-0.39, 0.29) is 32.0 Å². The van der Waals surface area contributed by atoms with Crippen molar-refractivity contribution in [3.63, 3.8) is 0 Å². The van der Waals surface area contributed by atoms with Crippen molar-refractivity contribution < 1.29 is 24.1 Å². The third-order valence-electron chi connectivity index (χ3n) is 3.05. The molecule has 1 rings (SSSR count). The molecular weight excluding hydrogens is 298 g/mol. The SMILES string of the molecule is CCOC(=O)C(CCC(C1=NC(C)(C)CO1)[N+](=O)[O-])[N+](=O)[O-]. The van der Waals surface area contributed by atoms with E-state index in [1.807, 2.05) is 0 Å². The molecule has 0 aliphatic carbocycles. The lowest BCUT2D eigenvalue weighted by molar-refractivity contribution is -0.522. The fourth-order valence-electron chi connectivity index (χ4n) is 1.97. The average molecular weight is 317 g/mol. The summed E-state index contributed by atoms with van der Waals surface area (Å²) in [5, 5.41) is 22.0. The standard InChI is InChI=1S/C12H19N3O7/c1-4-21-11(16)9(15(19)20)6-5-8(14(17)18)10-13-12(2,3)7-22-10/h8-9H,4-7H2,1-3H3. The molecule has 0 bridgehead atoms. The summed E-state index contributed by atoms with van der Waals surface area (Å²) >= 11 is 0. The first kappa shape index (κ1) is 17.8. The summed E-state index contributed by atoms with van der Waals surface area (Å²) < 4.78 is 9.82. The fourth-order valence-corrected chi connectivity index (χ4v) is 1.97. The van der Waals surface area contributed by atoms with Gasteiger partial charge >= 0.3 is 12.0 Å². The molecule has 1 aliphatic heterocycles. The molecule has 2 unspecified atom stereocenters. The first-order valence-corrected chi connectivity index (χ1v) is 6.84. The van der Waals surface area contributed by atoms with E-state index in [2.05, 4.69) is 9.73 Å². The van der Waals surface area contributed by atoms with Crippen molar-refractivity contribution in [2.75, 3.05) is 13.2 Å². The van der Waals surface area contributed by atoms with E-state index in [0.29, 0.717) is 0 Å². The summed E-state index contributed by atoms with van der Waals surface area (Å²) in [5.74, 6) is -1.05. The van der Waals surface area contributed by atoms with Crippen molar-refractivity contribution in [1.82, 2.24) is 0 Å². The Morgan fingerprint density at radius 3 is 2.41 bits per heavy atom. The molecule has 1 heterocycles. The van der Waals surface area contributed by atoms with E-state index in [0.717, 1.165) is 0 Å². The number of carbonyl (C=O) groups excluding carboxylic acids is 1. The second-order valence-electron chi connectivity index (χ2n) is 5.48. The molecule has 0 saturated carbocycles. The topological polar surface area (TPSA) is 134 Å². The molecule has 0 aromatic rings. The maximum absolute atomic E-state index is 11.5. The van der Waals surface area contributed by atoms with Gasteiger partial charge in [0.2, 0.25) is 0 Å². The van der Waals surface area contributed by atoms with E-state index < -0.39 is 33.4 Å². The van der Waals surface area contributed by atoms with Crippen LogP contribution in [0.1, 0.15) is 33.6 Å². The Labute approximate surface area is 126 Å². The Balaban J connectivity index is 2.77. The average Bonchev–Trinajstić information content (AvgIpc) is 2.73. The molecular formula is C12H19N3O7. The number of carbonyl (C=O) groups is 1. The van der Waals surface area contributed by atoms with Crippen LogP contribution in [-0.4, -0.2) is 52.6 Å². The third kappa shape index (κ3) is 4.64. The molecule has 0 aromatic carbocycles. The van der Waals surface area contributed by atoms with Crippen LogP contribution in [0, 0.1) is 20.2 Å². The minimum Gasteiger partial charge on any atom is -0.473 e. The number of nitro groups is 2. The summed E-state index contributed by atoms with van der Waals surface area (Å²) in [4.78, 5) is 36.2. The van der Waals surface area contributed by atoms with Gasteiger partial charge in [-0.3, -0.25) is 20.2 Å². The van der Waals surface area contributed by atoms with Gasteiger partial charge in [-0.05, 0) is 20.8 Å². The number of esters is 1. The van der Waals surface area contributed by atoms with Crippen molar-refractivity contribution in [2.24, 2.45) is 4.99 Å². The maximum Gasteiger partial charge on any atom is 0.381 e. The van der Waals surface area contributed by atoms with Gasteiger partial charge in [-0.15, -0.1) is 0 Å². The molecule has 0 amide bonds. The monoisotopic (exact) mass is 317 g/mol. The van der Waals surface area contributed by atoms with Gasteiger partial charge in [0.1, 0.15) is 6.61 Å². The Morgan fingerprint density at radius 2 is 2.00 bits per heavy atom. The van der Waals surface area contributed by atoms with Crippen LogP contribution in [0.5, 0.6) is 0 Å². The number of rotatable bonds is 8. The zero-order valence-electron chi connectivity index (χ0n) is 12.7. The van der Waals surface area contributed by atoms with Gasteiger partial charge < -0.3 is 9.47 Å². The highest BCUT2D eigenvalue weighted by atomic mass is 16.6. The van der Waals surface area contributed by atoms with E-state index in [1.165, 1.54) is 6.92 Å². The number of nitrogens with zero attached hydrogens (tertiary/aromatic N) is 3. The number of ether oxygens (including phenoxy) is 2. The van der Waals surface area contributed by atoms with E-state index in [9.17, 15) is 25.0 Å². The number of hydrogen-bond donors (Lipinski definition) is 0. The molecule has 0 spiro atoms. The highest BCUT2D eigenvalue weighted by Gasteiger charge is 2.40. The quantitative estimate of drug-likeness (QED) is 0.367. The molecule has 10 nitrogen and oxygen atoms in total. The summed E-state index contributed by atoms with van der Waals surface area (Å²) in [7, 11) is 0. The van der Waals surface area contributed by atoms with Crippen LogP contribution in [-0.2, 0) is 14.3 Å². The zero-order valence-corrected chi connectivity index (χ0v) is 12.7. The Hall–Kier alpha value is -2.26. The molecule has 124 valence electrons. The predicted octanol–water partition coefficient (Wildman–Crippen LogP) is 0.828. The molecule has 2 atom stereocenters. The van der Waals surface area contributed by atoms with Crippen molar-refractivity contribution in [2.45, 2.75) is 51.2 Å². The minimum absolute atomic E-state index is 0.00580. The van der Waals surface area contributed by atoms with Crippen molar-refractivity contribution in [3.8, 4) is 0 Å². The fraction of sp³-hybridized carbons (Fsp3) is 0.833. The van der Waals surface area contributed by atoms with Crippen LogP contribution in [0.4, 0.5) is 0 Å². The van der Waals surface area contributed by atoms with Gasteiger partial charge in [0.25, 0.3) is 11.9 Å². The predicted molar refractivity (Wildman–Crippen MR) is 74.9 cm³/mol. The second-order valence-corrected chi connectivity index (χ2v) is 5.48. The lowest BCUT2D eigenvalue weighted by Gasteiger charge is -2.11. The first-order chi connectivity index (χ1) is 10.2. The van der Waals surface area contributed by atoms with Crippen molar-refractivity contribution >= 4 is 11.9 Å². The first-order valence-electron chi connectivity index (χ1n) is 6.84. The molecule has 10 heteroatoms. The largest absolute Gasteiger partial charge is 0.473 e. The Bertz CT molecular complexity index is 489. The summed E-state index contributed by atoms with van der Waals surface area (Å²) in [6.07, 6.45) is -0.549. The lowest BCUT2D eigenvalue weighted by atomic mass is 10.1. The van der Waals surface area contributed by atoms with Gasteiger partial charge in [0.15, 0.2) is 0 Å². The number of aliphatic imine (C=N–C) groups is 1. The maximum atomic E-state index is 11.5. The molecule has 0 N–H and O–H groups in total. The van der Waals surface area contributed by atoms with Crippen LogP contribution < -0.4 is 0 Å².